The molecule has 1 aliphatic rings. The number of hydrogen-bond donors (Lipinski definition) is 4. The summed E-state index contributed by atoms with van der Waals surface area (Å²) in [6, 6.07) is 6.63. The number of aromatic nitrogens is 2. The van der Waals surface area contributed by atoms with Gasteiger partial charge in [0.1, 0.15) is 5.75 Å². The van der Waals surface area contributed by atoms with Crippen molar-refractivity contribution in [2.24, 2.45) is 0 Å². The number of thiophene rings is 1. The summed E-state index contributed by atoms with van der Waals surface area (Å²) in [4.78, 5) is 10.4. The molecule has 3 heterocycles. The number of rotatable bonds is 7. The maximum Gasteiger partial charge on any atom is 0.227 e. The summed E-state index contributed by atoms with van der Waals surface area (Å²) < 4.78 is 6.67. The topological polar surface area (TPSA) is 95.0 Å². The second-order valence-electron chi connectivity index (χ2n) is 7.70. The number of ether oxygens (including phenoxy) is 1. The van der Waals surface area contributed by atoms with Gasteiger partial charge in [0.15, 0.2) is 0 Å². The Bertz CT molecular complexity index is 1120. The molecule has 0 aliphatic carbocycles. The zero-order chi connectivity index (χ0) is 21.8. The van der Waals surface area contributed by atoms with E-state index in [2.05, 4.69) is 46.9 Å². The molecule has 0 spiro atoms. The lowest BCUT2D eigenvalue weighted by Gasteiger charge is -2.23. The van der Waals surface area contributed by atoms with E-state index in [1.165, 1.54) is 11.1 Å². The highest BCUT2D eigenvalue weighted by atomic mass is 32.1. The van der Waals surface area contributed by atoms with Crippen molar-refractivity contribution in [3.05, 3.63) is 46.7 Å². The maximum atomic E-state index is 7.77. The van der Waals surface area contributed by atoms with Crippen LogP contribution in [0.1, 0.15) is 23.3 Å². The lowest BCUT2D eigenvalue weighted by atomic mass is 10.0. The van der Waals surface area contributed by atoms with E-state index in [0.29, 0.717) is 17.7 Å². The first-order chi connectivity index (χ1) is 15.1. The summed E-state index contributed by atoms with van der Waals surface area (Å²) in [6.07, 6.45) is 7.11. The Morgan fingerprint density at radius 3 is 2.84 bits per heavy atom. The van der Waals surface area contributed by atoms with E-state index in [4.69, 9.17) is 15.1 Å². The Kier molecular flexibility index (Phi) is 6.48. The molecule has 8 heteroatoms. The van der Waals surface area contributed by atoms with E-state index in [-0.39, 0.29) is 0 Å². The first kappa shape index (κ1) is 21.3. The molecule has 1 fully saturated rings. The van der Waals surface area contributed by atoms with Gasteiger partial charge in [-0.25, -0.2) is 9.97 Å². The smallest absolute Gasteiger partial charge is 0.227 e. The minimum Gasteiger partial charge on any atom is -0.496 e. The normalized spacial score (nSPS) is 15.1. The second-order valence-corrected chi connectivity index (χ2v) is 8.96. The van der Waals surface area contributed by atoms with Crippen LogP contribution in [0.15, 0.2) is 36.3 Å². The van der Waals surface area contributed by atoms with Gasteiger partial charge in [-0.1, -0.05) is 12.1 Å². The van der Waals surface area contributed by atoms with Crippen LogP contribution >= 0.6 is 11.3 Å². The molecule has 2 aromatic heterocycles. The highest BCUT2D eigenvalue weighted by molar-refractivity contribution is 7.19. The molecule has 162 valence electrons. The molecule has 4 rings (SSSR count). The van der Waals surface area contributed by atoms with Crippen LogP contribution < -0.4 is 20.7 Å². The third-order valence-corrected chi connectivity index (χ3v) is 6.49. The average molecular weight is 437 g/mol. The van der Waals surface area contributed by atoms with Gasteiger partial charge in [0.25, 0.3) is 0 Å². The fraction of sp³-hybridized carbons (Fsp3) is 0.348. The molecule has 0 bridgehead atoms. The molecule has 0 unspecified atom stereocenters. The van der Waals surface area contributed by atoms with E-state index in [0.717, 1.165) is 58.6 Å². The zero-order valence-corrected chi connectivity index (χ0v) is 18.9. The molecule has 0 saturated carbocycles. The molecule has 7 nitrogen and oxygen atoms in total. The largest absolute Gasteiger partial charge is 0.496 e. The van der Waals surface area contributed by atoms with Crippen molar-refractivity contribution >= 4 is 33.7 Å². The number of methoxy groups -OCH3 is 1. The highest BCUT2D eigenvalue weighted by Crippen LogP contribution is 2.41. The van der Waals surface area contributed by atoms with Crippen LogP contribution in [0.5, 0.6) is 5.75 Å². The Balaban J connectivity index is 1.64. The summed E-state index contributed by atoms with van der Waals surface area (Å²) in [5.74, 6) is 1.31. The fourth-order valence-electron chi connectivity index (χ4n) is 3.83. The zero-order valence-electron chi connectivity index (χ0n) is 18.1. The van der Waals surface area contributed by atoms with Crippen LogP contribution in [0, 0.1) is 19.3 Å². The van der Waals surface area contributed by atoms with Crippen LogP contribution in [-0.4, -0.2) is 42.4 Å². The van der Waals surface area contributed by atoms with Crippen molar-refractivity contribution in [1.82, 2.24) is 20.6 Å². The maximum absolute atomic E-state index is 7.77. The number of anilines is 1. The lowest BCUT2D eigenvalue weighted by molar-refractivity contribution is 0.416. The summed E-state index contributed by atoms with van der Waals surface area (Å²) in [6.45, 7) is 6.18. The molecule has 1 aliphatic heterocycles. The number of hydrogen-bond acceptors (Lipinski definition) is 8. The highest BCUT2D eigenvalue weighted by Gasteiger charge is 2.18. The number of aryl methyl sites for hydroxylation is 2. The Hall–Kier alpha value is -2.97. The molecule has 31 heavy (non-hydrogen) atoms. The molecular formula is C23H28N6OS. The Morgan fingerprint density at radius 1 is 1.29 bits per heavy atom. The van der Waals surface area contributed by atoms with Crippen LogP contribution in [0.25, 0.3) is 21.3 Å². The molecule has 1 saturated heterocycles. The quantitative estimate of drug-likeness (QED) is 0.414. The van der Waals surface area contributed by atoms with Crippen molar-refractivity contribution in [2.45, 2.75) is 32.7 Å². The van der Waals surface area contributed by atoms with Gasteiger partial charge in [0, 0.05) is 34.5 Å². The third-order valence-electron chi connectivity index (χ3n) is 5.46. The Morgan fingerprint density at radius 2 is 2.10 bits per heavy atom. The minimum atomic E-state index is 0.418. The van der Waals surface area contributed by atoms with Crippen LogP contribution in [-0.2, 0) is 0 Å². The van der Waals surface area contributed by atoms with Crippen molar-refractivity contribution in [3.63, 3.8) is 0 Å². The van der Waals surface area contributed by atoms with Gasteiger partial charge in [0.05, 0.1) is 29.2 Å². The first-order valence-corrected chi connectivity index (χ1v) is 11.3. The van der Waals surface area contributed by atoms with Gasteiger partial charge in [0.2, 0.25) is 5.95 Å². The molecule has 0 radical (unpaired) electrons. The minimum absolute atomic E-state index is 0.418. The molecule has 0 atom stereocenters. The predicted molar refractivity (Wildman–Crippen MR) is 128 cm³/mol. The van der Waals surface area contributed by atoms with Crippen LogP contribution in [0.4, 0.5) is 5.95 Å². The van der Waals surface area contributed by atoms with E-state index in [1.807, 2.05) is 18.5 Å². The second kappa shape index (κ2) is 9.45. The number of nitrogens with one attached hydrogen (secondary N) is 4. The Labute approximate surface area is 186 Å². The van der Waals surface area contributed by atoms with Gasteiger partial charge in [-0.2, -0.15) is 0 Å². The summed E-state index contributed by atoms with van der Waals surface area (Å²) >= 11 is 1.67. The predicted octanol–water partition coefficient (Wildman–Crippen LogP) is 4.23. The summed E-state index contributed by atoms with van der Waals surface area (Å²) in [7, 11) is 1.70. The number of allylic oxidation sites excluding steroid dienone is 1. The van der Waals surface area contributed by atoms with E-state index in [1.54, 1.807) is 18.4 Å². The van der Waals surface area contributed by atoms with Crippen molar-refractivity contribution < 1.29 is 4.74 Å². The lowest BCUT2D eigenvalue weighted by Crippen LogP contribution is -2.38. The number of benzene rings is 1. The first-order valence-electron chi connectivity index (χ1n) is 10.4. The van der Waals surface area contributed by atoms with Gasteiger partial charge in [-0.3, -0.25) is 0 Å². The van der Waals surface area contributed by atoms with E-state index < -0.39 is 0 Å². The van der Waals surface area contributed by atoms with Crippen molar-refractivity contribution in [2.75, 3.05) is 25.5 Å². The third kappa shape index (κ3) is 4.70. The summed E-state index contributed by atoms with van der Waals surface area (Å²) in [5.41, 5.74) is 4.75. The van der Waals surface area contributed by atoms with Gasteiger partial charge < -0.3 is 26.1 Å². The average Bonchev–Trinajstić information content (AvgIpc) is 3.12. The van der Waals surface area contributed by atoms with Crippen molar-refractivity contribution in [3.8, 4) is 16.9 Å². The van der Waals surface area contributed by atoms with E-state index in [9.17, 15) is 0 Å². The van der Waals surface area contributed by atoms with E-state index >= 15 is 0 Å². The monoisotopic (exact) mass is 436 g/mol. The number of fused-ring (bicyclic) bond motifs is 1. The van der Waals surface area contributed by atoms with Crippen LogP contribution in [0.3, 0.4) is 0 Å². The fourth-order valence-corrected chi connectivity index (χ4v) is 4.82. The van der Waals surface area contributed by atoms with Gasteiger partial charge in [-0.15, -0.1) is 11.3 Å². The SMILES string of the molecule is COc1cc(C)ccc1-c1c(C)sc2cnc(N/C(C=N)=C/NC3CCNCC3)nc12. The molecule has 1 aromatic carbocycles. The number of piperidine rings is 1. The molecular weight excluding hydrogens is 408 g/mol. The standard InChI is InChI=1S/C23H28N6OS/c1-14-4-5-18(19(10-14)30-3)21-15(2)31-20-13-27-23(29-22(20)21)28-17(11-24)12-26-16-6-8-25-9-7-16/h4-5,10-13,16,24-26H,6-9H2,1-3H3,(H,27,28,29)/b17-12+,24-11?. The summed E-state index contributed by atoms with van der Waals surface area (Å²) in [5, 5.41) is 17.7. The molecule has 3 aromatic rings. The molecule has 4 N–H and O–H groups in total. The van der Waals surface area contributed by atoms with Crippen LogP contribution in [0.2, 0.25) is 0 Å². The number of nitrogens with zero attached hydrogens (tertiary/aromatic N) is 2. The van der Waals surface area contributed by atoms with Gasteiger partial charge in [-0.05, 0) is 51.4 Å². The molecule has 0 amide bonds. The van der Waals surface area contributed by atoms with Gasteiger partial charge >= 0.3 is 0 Å². The van der Waals surface area contributed by atoms with Crippen molar-refractivity contribution in [1.29, 1.82) is 5.41 Å².